The Balaban J connectivity index is 2.91. The first kappa shape index (κ1) is 12.4. The van der Waals surface area contributed by atoms with Crippen molar-refractivity contribution in [3.05, 3.63) is 11.8 Å². The highest BCUT2D eigenvalue weighted by Crippen LogP contribution is 2.33. The summed E-state index contributed by atoms with van der Waals surface area (Å²) in [6, 6.07) is 0. The van der Waals surface area contributed by atoms with Crippen LogP contribution in [-0.4, -0.2) is 29.2 Å². The highest BCUT2D eigenvalue weighted by atomic mass is 19.3. The van der Waals surface area contributed by atoms with Crippen LogP contribution in [-0.2, 0) is 10.7 Å². The molecule has 0 aliphatic heterocycles. The molecule has 0 amide bonds. The summed E-state index contributed by atoms with van der Waals surface area (Å²) in [6.45, 7) is 1.42. The van der Waals surface area contributed by atoms with Gasteiger partial charge in [0.25, 0.3) is 5.89 Å². The van der Waals surface area contributed by atoms with E-state index in [1.807, 2.05) is 0 Å². The van der Waals surface area contributed by atoms with Gasteiger partial charge in [-0.15, -0.1) is 10.2 Å². The minimum Gasteiger partial charge on any atom is -0.459 e. The van der Waals surface area contributed by atoms with Crippen LogP contribution < -0.4 is 0 Å². The Morgan fingerprint density at radius 1 is 1.50 bits per heavy atom. The molecule has 5 nitrogen and oxygen atoms in total. The average molecular weight is 242 g/mol. The average Bonchev–Trinajstić information content (AvgIpc) is 2.67. The molecule has 16 heavy (non-hydrogen) atoms. The van der Waals surface area contributed by atoms with Crippen LogP contribution in [0.2, 0.25) is 0 Å². The molecule has 0 unspecified atom stereocenters. The number of hydrogen-bond donors (Lipinski definition) is 0. The van der Waals surface area contributed by atoms with Crippen molar-refractivity contribution in [1.29, 1.82) is 0 Å². The number of nitrogens with zero attached hydrogens (tertiary/aromatic N) is 2. The number of carbonyl (C=O) groups excluding carboxylic acids is 1. The van der Waals surface area contributed by atoms with Gasteiger partial charge in [-0.2, -0.15) is 8.78 Å². The van der Waals surface area contributed by atoms with E-state index in [1.54, 1.807) is 0 Å². The van der Waals surface area contributed by atoms with Crippen molar-refractivity contribution in [3.8, 4) is 0 Å². The van der Waals surface area contributed by atoms with Crippen LogP contribution >= 0.6 is 0 Å². The van der Waals surface area contributed by atoms with Gasteiger partial charge >= 0.3 is 24.2 Å². The van der Waals surface area contributed by atoms with Gasteiger partial charge in [0.05, 0.1) is 6.61 Å². The number of carbonyl (C=O) groups is 1. The monoisotopic (exact) mass is 242 g/mol. The molecule has 9 heteroatoms. The molecule has 0 saturated carbocycles. The van der Waals surface area contributed by atoms with E-state index in [4.69, 9.17) is 0 Å². The van der Waals surface area contributed by atoms with Crippen LogP contribution in [0, 0.1) is 0 Å². The minimum atomic E-state index is -4.59. The molecule has 0 radical (unpaired) electrons. The molecule has 1 aromatic rings. The third-order valence-corrected chi connectivity index (χ3v) is 1.43. The fraction of sp³-hybridized carbons (Fsp3) is 0.571. The lowest BCUT2D eigenvalue weighted by atomic mass is 10.3. The Morgan fingerprint density at radius 3 is 2.62 bits per heavy atom. The molecule has 0 aliphatic carbocycles. The summed E-state index contributed by atoms with van der Waals surface area (Å²) >= 11 is 0. The van der Waals surface area contributed by atoms with Crippen molar-refractivity contribution >= 4 is 5.97 Å². The van der Waals surface area contributed by atoms with E-state index in [0.29, 0.717) is 0 Å². The van der Waals surface area contributed by atoms with Gasteiger partial charge in [0.1, 0.15) is 0 Å². The lowest BCUT2D eigenvalue weighted by Crippen LogP contribution is -2.23. The minimum absolute atomic E-state index is 0.0399. The zero-order valence-electron chi connectivity index (χ0n) is 7.92. The Bertz CT molecular complexity index is 379. The topological polar surface area (TPSA) is 65.2 Å². The number of aromatic nitrogens is 2. The zero-order chi connectivity index (χ0) is 12.3. The van der Waals surface area contributed by atoms with Crippen LogP contribution in [0.3, 0.4) is 0 Å². The maximum Gasteiger partial charge on any atom is 0.396 e. The number of hydrogen-bond acceptors (Lipinski definition) is 5. The number of halogens is 4. The molecule has 0 spiro atoms. The first-order valence-electron chi connectivity index (χ1n) is 4.06. The van der Waals surface area contributed by atoms with E-state index >= 15 is 0 Å². The van der Waals surface area contributed by atoms with Crippen molar-refractivity contribution in [2.75, 3.05) is 6.61 Å². The summed E-state index contributed by atoms with van der Waals surface area (Å²) in [6.07, 6.45) is -4.00. The lowest BCUT2D eigenvalue weighted by molar-refractivity contribution is -0.151. The Kier molecular flexibility index (Phi) is 3.45. The first-order valence-corrected chi connectivity index (χ1v) is 4.06. The third-order valence-electron chi connectivity index (χ3n) is 1.43. The van der Waals surface area contributed by atoms with Gasteiger partial charge in [0.2, 0.25) is 0 Å². The molecule has 1 heterocycles. The van der Waals surface area contributed by atoms with Gasteiger partial charge < -0.3 is 9.15 Å². The van der Waals surface area contributed by atoms with E-state index in [1.165, 1.54) is 6.92 Å². The van der Waals surface area contributed by atoms with Crippen molar-refractivity contribution in [2.24, 2.45) is 0 Å². The van der Waals surface area contributed by atoms with E-state index in [-0.39, 0.29) is 6.61 Å². The molecule has 0 bridgehead atoms. The molecule has 1 rings (SSSR count). The second-order valence-corrected chi connectivity index (χ2v) is 2.56. The second-order valence-electron chi connectivity index (χ2n) is 2.56. The van der Waals surface area contributed by atoms with Gasteiger partial charge in [-0.05, 0) is 6.92 Å². The van der Waals surface area contributed by atoms with Crippen LogP contribution in [0.15, 0.2) is 4.42 Å². The van der Waals surface area contributed by atoms with E-state index < -0.39 is 30.1 Å². The predicted molar refractivity (Wildman–Crippen MR) is 40.2 cm³/mol. The van der Waals surface area contributed by atoms with Crippen LogP contribution in [0.1, 0.15) is 23.5 Å². The summed E-state index contributed by atoms with van der Waals surface area (Å²) in [5.41, 5.74) is 0. The van der Waals surface area contributed by atoms with E-state index in [0.717, 1.165) is 0 Å². The van der Waals surface area contributed by atoms with Gasteiger partial charge in [0, 0.05) is 0 Å². The fourth-order valence-electron chi connectivity index (χ4n) is 0.727. The predicted octanol–water partition coefficient (Wildman–Crippen LogP) is 1.60. The molecular formula is C7H6F4N2O3. The molecule has 0 saturated heterocycles. The molecule has 0 N–H and O–H groups in total. The Labute approximate surface area is 86.4 Å². The number of rotatable bonds is 4. The van der Waals surface area contributed by atoms with Crippen LogP contribution in [0.25, 0.3) is 0 Å². The van der Waals surface area contributed by atoms with Crippen molar-refractivity contribution in [1.82, 2.24) is 10.2 Å². The summed E-state index contributed by atoms with van der Waals surface area (Å²) in [4.78, 5) is 10.9. The highest BCUT2D eigenvalue weighted by Gasteiger charge is 2.48. The molecule has 0 atom stereocenters. The summed E-state index contributed by atoms with van der Waals surface area (Å²) in [5.74, 6) is -8.24. The van der Waals surface area contributed by atoms with E-state index in [9.17, 15) is 22.4 Å². The van der Waals surface area contributed by atoms with Gasteiger partial charge in [-0.1, -0.05) is 0 Å². The lowest BCUT2D eigenvalue weighted by Gasteiger charge is -2.08. The summed E-state index contributed by atoms with van der Waals surface area (Å²) in [5, 5.41) is 5.54. The SMILES string of the molecule is CCOC(=O)c1nnc(C(F)(F)C(F)F)o1. The summed E-state index contributed by atoms with van der Waals surface area (Å²) < 4.78 is 57.5. The van der Waals surface area contributed by atoms with E-state index in [2.05, 4.69) is 19.4 Å². The second kappa shape index (κ2) is 4.45. The molecule has 0 fully saturated rings. The third kappa shape index (κ3) is 2.28. The summed E-state index contributed by atoms with van der Waals surface area (Å²) in [7, 11) is 0. The zero-order valence-corrected chi connectivity index (χ0v) is 7.92. The maximum absolute atomic E-state index is 12.6. The molecular weight excluding hydrogens is 236 g/mol. The number of ether oxygens (including phenoxy) is 1. The van der Waals surface area contributed by atoms with Crippen LogP contribution in [0.4, 0.5) is 17.6 Å². The molecule has 90 valence electrons. The number of alkyl halides is 4. The smallest absolute Gasteiger partial charge is 0.396 e. The fourth-order valence-corrected chi connectivity index (χ4v) is 0.727. The largest absolute Gasteiger partial charge is 0.459 e. The molecule has 0 aliphatic rings. The number of esters is 1. The Hall–Kier alpha value is -1.67. The molecule has 1 aromatic heterocycles. The maximum atomic E-state index is 12.6. The van der Waals surface area contributed by atoms with Crippen molar-refractivity contribution in [2.45, 2.75) is 19.3 Å². The van der Waals surface area contributed by atoms with Crippen molar-refractivity contribution in [3.63, 3.8) is 0 Å². The highest BCUT2D eigenvalue weighted by molar-refractivity contribution is 5.83. The normalized spacial score (nSPS) is 11.9. The van der Waals surface area contributed by atoms with Gasteiger partial charge in [-0.25, -0.2) is 13.6 Å². The molecule has 0 aromatic carbocycles. The van der Waals surface area contributed by atoms with Gasteiger partial charge in [-0.3, -0.25) is 0 Å². The van der Waals surface area contributed by atoms with Crippen molar-refractivity contribution < 1.29 is 31.5 Å². The Morgan fingerprint density at radius 2 is 2.12 bits per heavy atom. The van der Waals surface area contributed by atoms with Crippen LogP contribution in [0.5, 0.6) is 0 Å². The first-order chi connectivity index (χ1) is 7.39. The van der Waals surface area contributed by atoms with Gasteiger partial charge in [0.15, 0.2) is 0 Å². The standard InChI is InChI=1S/C7H6F4N2O3/c1-2-15-4(14)3-12-13-6(16-3)7(10,11)5(8)9/h5H,2H2,1H3. The quantitative estimate of drug-likeness (QED) is 0.592.